The number of nitrogens with one attached hydrogen (secondary N) is 2. The molecule has 2 aromatic carbocycles. The molecule has 0 unspecified atom stereocenters. The number of amides is 2. The zero-order valence-electron chi connectivity index (χ0n) is 16.4. The SMILES string of the molecule is CC(=O)Nc1cccc(NC(=O)CCCn2nc(-c3ccc(Br)cc3)ccc2=O)c1. The van der Waals surface area contributed by atoms with E-state index < -0.39 is 0 Å². The molecule has 1 aromatic heterocycles. The van der Waals surface area contributed by atoms with Crippen molar-refractivity contribution in [3.63, 3.8) is 0 Å². The first-order chi connectivity index (χ1) is 14.4. The third-order valence-corrected chi connectivity index (χ3v) is 4.78. The molecule has 0 bridgehead atoms. The number of aryl methyl sites for hydroxylation is 1. The lowest BCUT2D eigenvalue weighted by atomic mass is 10.1. The molecule has 3 aromatic rings. The van der Waals surface area contributed by atoms with Gasteiger partial charge < -0.3 is 10.6 Å². The van der Waals surface area contributed by atoms with E-state index in [-0.39, 0.29) is 23.8 Å². The Kier molecular flexibility index (Phi) is 7.13. The van der Waals surface area contributed by atoms with Crippen molar-refractivity contribution in [2.24, 2.45) is 0 Å². The summed E-state index contributed by atoms with van der Waals surface area (Å²) in [5, 5.41) is 9.88. The Morgan fingerprint density at radius 3 is 2.40 bits per heavy atom. The molecule has 8 heteroatoms. The van der Waals surface area contributed by atoms with Gasteiger partial charge in [0.05, 0.1) is 5.69 Å². The Bertz CT molecular complexity index is 1110. The van der Waals surface area contributed by atoms with E-state index in [0.29, 0.717) is 30.0 Å². The molecule has 0 aliphatic rings. The molecule has 0 fully saturated rings. The maximum Gasteiger partial charge on any atom is 0.266 e. The molecule has 0 saturated carbocycles. The molecule has 1 heterocycles. The van der Waals surface area contributed by atoms with Gasteiger partial charge in [0.15, 0.2) is 0 Å². The molecule has 0 aliphatic carbocycles. The lowest BCUT2D eigenvalue weighted by Gasteiger charge is -2.09. The summed E-state index contributed by atoms with van der Waals surface area (Å²) >= 11 is 3.40. The summed E-state index contributed by atoms with van der Waals surface area (Å²) in [6.45, 7) is 1.76. The van der Waals surface area contributed by atoms with Gasteiger partial charge in [-0.1, -0.05) is 34.1 Å². The van der Waals surface area contributed by atoms with Gasteiger partial charge in [0, 0.05) is 47.4 Å². The molecule has 3 rings (SSSR count). The summed E-state index contributed by atoms with van der Waals surface area (Å²) in [5.74, 6) is -0.353. The van der Waals surface area contributed by atoms with Crippen LogP contribution in [0, 0.1) is 0 Å². The van der Waals surface area contributed by atoms with Crippen LogP contribution < -0.4 is 16.2 Å². The van der Waals surface area contributed by atoms with Crippen molar-refractivity contribution in [2.75, 3.05) is 10.6 Å². The third kappa shape index (κ3) is 6.12. The normalized spacial score (nSPS) is 10.5. The van der Waals surface area contributed by atoms with Crippen molar-refractivity contribution in [2.45, 2.75) is 26.3 Å². The molecule has 0 atom stereocenters. The van der Waals surface area contributed by atoms with E-state index in [9.17, 15) is 14.4 Å². The number of halogens is 1. The highest BCUT2D eigenvalue weighted by Crippen LogP contribution is 2.19. The van der Waals surface area contributed by atoms with Crippen LogP contribution in [0.2, 0.25) is 0 Å². The van der Waals surface area contributed by atoms with E-state index >= 15 is 0 Å². The van der Waals surface area contributed by atoms with E-state index in [1.54, 1.807) is 30.3 Å². The largest absolute Gasteiger partial charge is 0.326 e. The molecule has 154 valence electrons. The molecule has 30 heavy (non-hydrogen) atoms. The van der Waals surface area contributed by atoms with Gasteiger partial charge in [-0.05, 0) is 42.8 Å². The quantitative estimate of drug-likeness (QED) is 0.546. The van der Waals surface area contributed by atoms with E-state index in [2.05, 4.69) is 31.7 Å². The van der Waals surface area contributed by atoms with Crippen LogP contribution in [0.5, 0.6) is 0 Å². The second kappa shape index (κ2) is 9.98. The van der Waals surface area contributed by atoms with Crippen LogP contribution in [-0.2, 0) is 16.1 Å². The average molecular weight is 469 g/mol. The van der Waals surface area contributed by atoms with Crippen molar-refractivity contribution in [3.8, 4) is 11.3 Å². The molecule has 0 aliphatic heterocycles. The lowest BCUT2D eigenvalue weighted by molar-refractivity contribution is -0.116. The Labute approximate surface area is 182 Å². The lowest BCUT2D eigenvalue weighted by Crippen LogP contribution is -2.23. The number of carbonyl (C=O) groups excluding carboxylic acids is 2. The summed E-state index contributed by atoms with van der Waals surface area (Å²) in [4.78, 5) is 35.5. The summed E-state index contributed by atoms with van der Waals surface area (Å²) < 4.78 is 2.34. The van der Waals surface area contributed by atoms with E-state index in [0.717, 1.165) is 10.0 Å². The second-order valence-corrected chi connectivity index (χ2v) is 7.62. The van der Waals surface area contributed by atoms with Crippen LogP contribution in [0.15, 0.2) is 69.9 Å². The number of nitrogens with zero attached hydrogens (tertiary/aromatic N) is 2. The van der Waals surface area contributed by atoms with Crippen LogP contribution in [0.4, 0.5) is 11.4 Å². The predicted octanol–water partition coefficient (Wildman–Crippen LogP) is 4.05. The molecule has 7 nitrogen and oxygen atoms in total. The predicted molar refractivity (Wildman–Crippen MR) is 120 cm³/mol. The van der Waals surface area contributed by atoms with Crippen molar-refractivity contribution >= 4 is 39.1 Å². The van der Waals surface area contributed by atoms with Gasteiger partial charge in [-0.15, -0.1) is 0 Å². The minimum Gasteiger partial charge on any atom is -0.326 e. The molecule has 0 spiro atoms. The minimum atomic E-state index is -0.209. The number of hydrogen-bond acceptors (Lipinski definition) is 4. The van der Waals surface area contributed by atoms with Crippen LogP contribution in [-0.4, -0.2) is 21.6 Å². The first kappa shape index (κ1) is 21.4. The van der Waals surface area contributed by atoms with E-state index in [1.165, 1.54) is 17.7 Å². The average Bonchev–Trinajstić information content (AvgIpc) is 2.70. The number of carbonyl (C=O) groups is 2. The number of aromatic nitrogens is 2. The van der Waals surface area contributed by atoms with Crippen LogP contribution in [0.25, 0.3) is 11.3 Å². The van der Waals surface area contributed by atoms with Gasteiger partial charge in [-0.2, -0.15) is 5.10 Å². The first-order valence-corrected chi connectivity index (χ1v) is 10.2. The Hall–Kier alpha value is -3.26. The fourth-order valence-corrected chi connectivity index (χ4v) is 3.14. The molecule has 0 radical (unpaired) electrons. The second-order valence-electron chi connectivity index (χ2n) is 6.70. The van der Waals surface area contributed by atoms with E-state index in [1.807, 2.05) is 24.3 Å². The van der Waals surface area contributed by atoms with Gasteiger partial charge in [0.2, 0.25) is 11.8 Å². The van der Waals surface area contributed by atoms with E-state index in [4.69, 9.17) is 0 Å². The van der Waals surface area contributed by atoms with Crippen molar-refractivity contribution in [1.82, 2.24) is 9.78 Å². The first-order valence-electron chi connectivity index (χ1n) is 9.42. The standard InChI is InChI=1S/C22H21BrN4O3/c1-15(28)24-18-4-2-5-19(14-18)25-21(29)6-3-13-27-22(30)12-11-20(26-27)16-7-9-17(23)10-8-16/h2,4-5,7-12,14H,3,6,13H2,1H3,(H,24,28)(H,25,29). The number of hydrogen-bond donors (Lipinski definition) is 2. The molecular formula is C22H21BrN4O3. The highest BCUT2D eigenvalue weighted by molar-refractivity contribution is 9.10. The molecule has 2 amide bonds. The number of anilines is 2. The van der Waals surface area contributed by atoms with Crippen LogP contribution in [0.3, 0.4) is 0 Å². The van der Waals surface area contributed by atoms with Gasteiger partial charge in [-0.25, -0.2) is 4.68 Å². The monoisotopic (exact) mass is 468 g/mol. The third-order valence-electron chi connectivity index (χ3n) is 4.25. The molecule has 0 saturated heterocycles. The van der Waals surface area contributed by atoms with Crippen molar-refractivity contribution < 1.29 is 9.59 Å². The summed E-state index contributed by atoms with van der Waals surface area (Å²) in [7, 11) is 0. The maximum atomic E-state index is 12.2. The molecule has 2 N–H and O–H groups in total. The Morgan fingerprint density at radius 2 is 1.70 bits per heavy atom. The fraction of sp³-hybridized carbons (Fsp3) is 0.182. The topological polar surface area (TPSA) is 93.1 Å². The van der Waals surface area contributed by atoms with Crippen molar-refractivity contribution in [3.05, 3.63) is 75.5 Å². The van der Waals surface area contributed by atoms with Gasteiger partial charge in [0.25, 0.3) is 5.56 Å². The zero-order valence-corrected chi connectivity index (χ0v) is 18.0. The van der Waals surface area contributed by atoms with Crippen LogP contribution >= 0.6 is 15.9 Å². The Morgan fingerprint density at radius 1 is 1.00 bits per heavy atom. The number of rotatable bonds is 7. The zero-order chi connectivity index (χ0) is 21.5. The van der Waals surface area contributed by atoms with Gasteiger partial charge >= 0.3 is 0 Å². The maximum absolute atomic E-state index is 12.2. The Balaban J connectivity index is 1.58. The van der Waals surface area contributed by atoms with Crippen LogP contribution in [0.1, 0.15) is 19.8 Å². The van der Waals surface area contributed by atoms with Crippen molar-refractivity contribution in [1.29, 1.82) is 0 Å². The highest BCUT2D eigenvalue weighted by Gasteiger charge is 2.07. The summed E-state index contributed by atoms with van der Waals surface area (Å²) in [6, 6.07) is 17.8. The number of benzene rings is 2. The van der Waals surface area contributed by atoms with Gasteiger partial charge in [0.1, 0.15) is 0 Å². The highest BCUT2D eigenvalue weighted by atomic mass is 79.9. The van der Waals surface area contributed by atoms with Gasteiger partial charge in [-0.3, -0.25) is 14.4 Å². The summed E-state index contributed by atoms with van der Waals surface area (Å²) in [6.07, 6.45) is 0.703. The minimum absolute atomic E-state index is 0.174. The summed E-state index contributed by atoms with van der Waals surface area (Å²) in [5.41, 5.74) is 2.60. The molecular weight excluding hydrogens is 448 g/mol. The smallest absolute Gasteiger partial charge is 0.266 e. The fourth-order valence-electron chi connectivity index (χ4n) is 2.87.